The molecule has 0 saturated heterocycles. The maximum absolute atomic E-state index is 13.1. The molecule has 1 amide bonds. The van der Waals surface area contributed by atoms with Crippen molar-refractivity contribution in [2.75, 3.05) is 0 Å². The second-order valence-electron chi connectivity index (χ2n) is 4.69. The van der Waals surface area contributed by atoms with Crippen LogP contribution in [0.2, 0.25) is 5.02 Å². The summed E-state index contributed by atoms with van der Waals surface area (Å²) in [5.74, 6) is -0.786. The number of nitrogens with one attached hydrogen (secondary N) is 1. The van der Waals surface area contributed by atoms with E-state index in [2.05, 4.69) is 5.32 Å². The van der Waals surface area contributed by atoms with E-state index < -0.39 is 5.82 Å². The molecular formula is C14H14ClFN2O2S. The van der Waals surface area contributed by atoms with E-state index in [4.69, 9.17) is 11.6 Å². The molecule has 0 spiro atoms. The Balaban J connectivity index is 2.05. The Labute approximate surface area is 130 Å². The Morgan fingerprint density at radius 2 is 2.24 bits per heavy atom. The van der Waals surface area contributed by atoms with Gasteiger partial charge in [0.25, 0.3) is 0 Å². The highest BCUT2D eigenvalue weighted by Crippen LogP contribution is 2.20. The van der Waals surface area contributed by atoms with Crippen LogP contribution in [0.15, 0.2) is 28.4 Å². The first-order chi connectivity index (χ1) is 9.88. The van der Waals surface area contributed by atoms with Crippen LogP contribution in [0.4, 0.5) is 4.39 Å². The van der Waals surface area contributed by atoms with Gasteiger partial charge in [-0.2, -0.15) is 0 Å². The molecular weight excluding hydrogens is 315 g/mol. The zero-order valence-corrected chi connectivity index (χ0v) is 13.1. The highest BCUT2D eigenvalue weighted by molar-refractivity contribution is 7.07. The van der Waals surface area contributed by atoms with Crippen molar-refractivity contribution in [1.29, 1.82) is 0 Å². The van der Waals surface area contributed by atoms with Crippen molar-refractivity contribution in [3.8, 4) is 0 Å². The molecule has 1 unspecified atom stereocenters. The molecule has 0 aliphatic rings. The van der Waals surface area contributed by atoms with E-state index in [-0.39, 0.29) is 28.4 Å². The third kappa shape index (κ3) is 3.71. The number of benzene rings is 1. The maximum Gasteiger partial charge on any atom is 0.307 e. The van der Waals surface area contributed by atoms with E-state index >= 15 is 0 Å². The molecule has 21 heavy (non-hydrogen) atoms. The summed E-state index contributed by atoms with van der Waals surface area (Å²) in [7, 11) is 0. The first kappa shape index (κ1) is 15.7. The molecule has 4 nitrogen and oxygen atoms in total. The number of thiazole rings is 1. The Bertz CT molecular complexity index is 726. The van der Waals surface area contributed by atoms with Gasteiger partial charge >= 0.3 is 4.87 Å². The van der Waals surface area contributed by atoms with E-state index in [1.165, 1.54) is 16.7 Å². The average molecular weight is 329 g/mol. The molecule has 0 saturated carbocycles. The quantitative estimate of drug-likeness (QED) is 0.938. The Kier molecular flexibility index (Phi) is 4.80. The number of rotatable bonds is 4. The Morgan fingerprint density at radius 3 is 2.81 bits per heavy atom. The van der Waals surface area contributed by atoms with Crippen molar-refractivity contribution < 1.29 is 9.18 Å². The van der Waals surface area contributed by atoms with E-state index in [9.17, 15) is 14.0 Å². The lowest BCUT2D eigenvalue weighted by molar-refractivity contribution is -0.122. The van der Waals surface area contributed by atoms with Gasteiger partial charge in [-0.15, -0.1) is 0 Å². The van der Waals surface area contributed by atoms with Gasteiger partial charge < -0.3 is 5.32 Å². The summed E-state index contributed by atoms with van der Waals surface area (Å²) >= 11 is 6.78. The van der Waals surface area contributed by atoms with Gasteiger partial charge in [0.15, 0.2) is 0 Å². The van der Waals surface area contributed by atoms with Crippen molar-refractivity contribution in [2.24, 2.45) is 0 Å². The number of hydrogen-bond acceptors (Lipinski definition) is 3. The zero-order valence-electron chi connectivity index (χ0n) is 11.5. The summed E-state index contributed by atoms with van der Waals surface area (Å²) in [5, 5.41) is 4.48. The fraction of sp³-hybridized carbons (Fsp3) is 0.286. The third-order valence-corrected chi connectivity index (χ3v) is 4.27. The van der Waals surface area contributed by atoms with Crippen LogP contribution in [0, 0.1) is 12.7 Å². The first-order valence-electron chi connectivity index (χ1n) is 6.27. The lowest BCUT2D eigenvalue weighted by atomic mass is 10.1. The molecule has 0 aliphatic heterocycles. The molecule has 112 valence electrons. The first-order valence-corrected chi connectivity index (χ1v) is 7.53. The molecule has 1 heterocycles. The summed E-state index contributed by atoms with van der Waals surface area (Å²) in [6.07, 6.45) is 0. The molecule has 0 fully saturated rings. The standard InChI is InChI=1S/C14H14ClFN2O2S/c1-8-7-21-14(20)18(8)6-13(19)17-9(2)10-3-4-12(16)11(15)5-10/h3-5,7,9H,6H2,1-2H3,(H,17,19). The fourth-order valence-electron chi connectivity index (χ4n) is 1.89. The zero-order chi connectivity index (χ0) is 15.6. The highest BCUT2D eigenvalue weighted by atomic mass is 35.5. The van der Waals surface area contributed by atoms with Crippen molar-refractivity contribution in [3.63, 3.8) is 0 Å². The van der Waals surface area contributed by atoms with Gasteiger partial charge in [0.2, 0.25) is 5.91 Å². The van der Waals surface area contributed by atoms with Crippen molar-refractivity contribution >= 4 is 28.8 Å². The SMILES string of the molecule is Cc1csc(=O)n1CC(=O)NC(C)c1ccc(F)c(Cl)c1. The van der Waals surface area contributed by atoms with Crippen LogP contribution in [0.5, 0.6) is 0 Å². The Morgan fingerprint density at radius 1 is 1.52 bits per heavy atom. The largest absolute Gasteiger partial charge is 0.348 e. The van der Waals surface area contributed by atoms with Crippen molar-refractivity contribution in [1.82, 2.24) is 9.88 Å². The van der Waals surface area contributed by atoms with Crippen LogP contribution in [-0.2, 0) is 11.3 Å². The number of aromatic nitrogens is 1. The van der Waals surface area contributed by atoms with Crippen LogP contribution >= 0.6 is 22.9 Å². The maximum atomic E-state index is 13.1. The lowest BCUT2D eigenvalue weighted by Gasteiger charge is -2.15. The molecule has 0 bridgehead atoms. The highest BCUT2D eigenvalue weighted by Gasteiger charge is 2.13. The normalized spacial score (nSPS) is 12.2. The second-order valence-corrected chi connectivity index (χ2v) is 5.92. The summed E-state index contributed by atoms with van der Waals surface area (Å²) in [6, 6.07) is 3.97. The average Bonchev–Trinajstić information content (AvgIpc) is 2.73. The summed E-state index contributed by atoms with van der Waals surface area (Å²) < 4.78 is 14.5. The van der Waals surface area contributed by atoms with Crippen molar-refractivity contribution in [2.45, 2.75) is 26.4 Å². The second kappa shape index (κ2) is 6.41. The topological polar surface area (TPSA) is 51.1 Å². The van der Waals surface area contributed by atoms with E-state index in [1.807, 2.05) is 0 Å². The van der Waals surface area contributed by atoms with Gasteiger partial charge in [0.05, 0.1) is 11.1 Å². The van der Waals surface area contributed by atoms with Gasteiger partial charge in [0.1, 0.15) is 12.4 Å². The van der Waals surface area contributed by atoms with Gasteiger partial charge in [-0.1, -0.05) is 29.0 Å². The summed E-state index contributed by atoms with van der Waals surface area (Å²) in [6.45, 7) is 3.51. The molecule has 1 aromatic carbocycles. The minimum Gasteiger partial charge on any atom is -0.348 e. The molecule has 0 radical (unpaired) electrons. The van der Waals surface area contributed by atoms with Crippen LogP contribution in [-0.4, -0.2) is 10.5 Å². The fourth-order valence-corrected chi connectivity index (χ4v) is 2.82. The molecule has 1 aromatic heterocycles. The number of nitrogens with zero attached hydrogens (tertiary/aromatic N) is 1. The number of carbonyl (C=O) groups is 1. The monoisotopic (exact) mass is 328 g/mol. The minimum atomic E-state index is -0.501. The van der Waals surface area contributed by atoms with E-state index in [0.717, 1.165) is 17.0 Å². The molecule has 7 heteroatoms. The van der Waals surface area contributed by atoms with Crippen LogP contribution in [0.25, 0.3) is 0 Å². The lowest BCUT2D eigenvalue weighted by Crippen LogP contribution is -2.32. The predicted molar refractivity (Wildman–Crippen MR) is 81.3 cm³/mol. The Hall–Kier alpha value is -1.66. The van der Waals surface area contributed by atoms with Gasteiger partial charge in [0, 0.05) is 11.1 Å². The number of hydrogen-bond donors (Lipinski definition) is 1. The minimum absolute atomic E-state index is 0.0125. The third-order valence-electron chi connectivity index (χ3n) is 3.10. The molecule has 2 rings (SSSR count). The van der Waals surface area contributed by atoms with E-state index in [1.54, 1.807) is 25.3 Å². The molecule has 1 N–H and O–H groups in total. The van der Waals surface area contributed by atoms with E-state index in [0.29, 0.717) is 5.56 Å². The van der Waals surface area contributed by atoms with Crippen molar-refractivity contribution in [3.05, 3.63) is 55.3 Å². The predicted octanol–water partition coefficient (Wildman–Crippen LogP) is 2.89. The number of amides is 1. The smallest absolute Gasteiger partial charge is 0.307 e. The summed E-state index contributed by atoms with van der Waals surface area (Å²) in [4.78, 5) is 23.4. The number of halogens is 2. The van der Waals surface area contributed by atoms with Gasteiger partial charge in [-0.3, -0.25) is 14.2 Å². The molecule has 1 atom stereocenters. The van der Waals surface area contributed by atoms with Crippen LogP contribution in [0.3, 0.4) is 0 Å². The summed E-state index contributed by atoms with van der Waals surface area (Å²) in [5.41, 5.74) is 1.45. The molecule has 0 aliphatic carbocycles. The van der Waals surface area contributed by atoms with Gasteiger partial charge in [-0.05, 0) is 31.5 Å². The number of aryl methyl sites for hydroxylation is 1. The molecule has 2 aromatic rings. The van der Waals surface area contributed by atoms with Crippen LogP contribution < -0.4 is 10.2 Å². The van der Waals surface area contributed by atoms with Crippen LogP contribution in [0.1, 0.15) is 24.2 Å². The van der Waals surface area contributed by atoms with Gasteiger partial charge in [-0.25, -0.2) is 4.39 Å². The number of carbonyl (C=O) groups excluding carboxylic acids is 1.